The zero-order valence-corrected chi connectivity index (χ0v) is 18.2. The third kappa shape index (κ3) is 4.34. The minimum absolute atomic E-state index is 0.0409. The number of aromatic amines is 1. The highest BCUT2D eigenvalue weighted by molar-refractivity contribution is 6.03. The number of H-pyrrole nitrogens is 1. The van der Waals surface area contributed by atoms with E-state index in [1.165, 1.54) is 18.2 Å². The van der Waals surface area contributed by atoms with Gasteiger partial charge in [0, 0.05) is 10.9 Å². The van der Waals surface area contributed by atoms with E-state index in [1.807, 2.05) is 18.2 Å². The van der Waals surface area contributed by atoms with Gasteiger partial charge in [-0.25, -0.2) is 14.0 Å². The summed E-state index contributed by atoms with van der Waals surface area (Å²) in [6.45, 7) is 1.87. The Morgan fingerprint density at radius 3 is 2.44 bits per heavy atom. The van der Waals surface area contributed by atoms with Crippen molar-refractivity contribution in [3.05, 3.63) is 88.6 Å². The van der Waals surface area contributed by atoms with Crippen LogP contribution in [0.4, 0.5) is 8.78 Å². The van der Waals surface area contributed by atoms with Crippen LogP contribution in [-0.4, -0.2) is 33.7 Å². The molecule has 0 aliphatic rings. The molecule has 3 aromatic carbocycles. The van der Waals surface area contributed by atoms with E-state index in [2.05, 4.69) is 4.98 Å². The van der Waals surface area contributed by atoms with Gasteiger partial charge in [0.2, 0.25) is 5.82 Å². The molecule has 174 valence electrons. The molecule has 0 atom stereocenters. The molecule has 34 heavy (non-hydrogen) atoms. The predicted octanol–water partition coefficient (Wildman–Crippen LogP) is 5.83. The maximum Gasteiger partial charge on any atom is 0.352 e. The minimum Gasteiger partial charge on any atom is -0.490 e. The Hall–Kier alpha value is -4.20. The Bertz CT molecular complexity index is 1410. The summed E-state index contributed by atoms with van der Waals surface area (Å²) in [6.07, 6.45) is 0.707. The third-order valence-corrected chi connectivity index (χ3v) is 5.66. The van der Waals surface area contributed by atoms with Gasteiger partial charge in [-0.2, -0.15) is 4.39 Å². The average molecular weight is 465 g/mol. The minimum atomic E-state index is -1.12. The molecular formula is C26H21F2NO5. The lowest BCUT2D eigenvalue weighted by Gasteiger charge is -2.09. The molecule has 0 unspecified atom stereocenters. The number of hydrogen-bond acceptors (Lipinski definition) is 3. The van der Waals surface area contributed by atoms with Crippen LogP contribution in [0, 0.1) is 18.6 Å². The molecule has 0 saturated carbocycles. The van der Waals surface area contributed by atoms with Gasteiger partial charge in [-0.05, 0) is 60.7 Å². The number of halogens is 2. The third-order valence-electron chi connectivity index (χ3n) is 5.66. The van der Waals surface area contributed by atoms with E-state index in [0.717, 1.165) is 22.8 Å². The maximum atomic E-state index is 13.8. The number of benzene rings is 3. The van der Waals surface area contributed by atoms with Crippen molar-refractivity contribution in [3.8, 4) is 16.9 Å². The normalized spacial score (nSPS) is 11.0. The largest absolute Gasteiger partial charge is 0.490 e. The number of hydrogen-bond donors (Lipinski definition) is 3. The topological polar surface area (TPSA) is 99.6 Å². The SMILES string of the molecule is Cc1cc(C(=O)O)ccc1-c1cccc2c(CCCOc3cccc(F)c3F)c(C(=O)O)[nH]c12. The highest BCUT2D eigenvalue weighted by atomic mass is 19.2. The quantitative estimate of drug-likeness (QED) is 0.284. The van der Waals surface area contributed by atoms with Gasteiger partial charge < -0.3 is 19.9 Å². The lowest BCUT2D eigenvalue weighted by molar-refractivity contribution is 0.0682. The maximum absolute atomic E-state index is 13.8. The molecule has 8 heteroatoms. The van der Waals surface area contributed by atoms with Crippen molar-refractivity contribution >= 4 is 22.8 Å². The number of aromatic nitrogens is 1. The van der Waals surface area contributed by atoms with Crippen molar-refractivity contribution in [1.82, 2.24) is 4.98 Å². The first-order valence-electron chi connectivity index (χ1n) is 10.6. The van der Waals surface area contributed by atoms with Crippen LogP contribution in [0.5, 0.6) is 5.75 Å². The van der Waals surface area contributed by atoms with Crippen LogP contribution in [-0.2, 0) is 6.42 Å². The summed E-state index contributed by atoms with van der Waals surface area (Å²) in [5.41, 5.74) is 3.68. The summed E-state index contributed by atoms with van der Waals surface area (Å²) in [4.78, 5) is 26.2. The van der Waals surface area contributed by atoms with E-state index in [-0.39, 0.29) is 23.6 Å². The summed E-state index contributed by atoms with van der Waals surface area (Å²) < 4.78 is 32.5. The van der Waals surface area contributed by atoms with Crippen LogP contribution < -0.4 is 4.74 Å². The van der Waals surface area contributed by atoms with Crippen LogP contribution >= 0.6 is 0 Å². The number of carbonyl (C=O) groups is 2. The lowest BCUT2D eigenvalue weighted by Crippen LogP contribution is -2.05. The molecule has 0 spiro atoms. The van der Waals surface area contributed by atoms with Gasteiger partial charge in [0.05, 0.1) is 17.7 Å². The number of carboxylic acids is 2. The van der Waals surface area contributed by atoms with E-state index < -0.39 is 23.6 Å². The standard InChI is InChI=1S/C26H21F2NO5/c1-14-13-15(25(30)31)10-11-16(14)17-5-2-6-18-19(24(26(32)33)29-23(17)18)7-4-12-34-21-9-3-8-20(27)22(21)28/h2-3,5-6,8-11,13,29H,4,7,12H2,1H3,(H,30,31)(H,32,33). The van der Waals surface area contributed by atoms with Gasteiger partial charge in [0.1, 0.15) is 5.69 Å². The molecule has 4 rings (SSSR count). The molecule has 0 amide bonds. The van der Waals surface area contributed by atoms with Gasteiger partial charge in [0.25, 0.3) is 0 Å². The second-order valence-corrected chi connectivity index (χ2v) is 7.85. The van der Waals surface area contributed by atoms with E-state index in [4.69, 9.17) is 4.74 Å². The molecule has 0 bridgehead atoms. The van der Waals surface area contributed by atoms with Crippen molar-refractivity contribution in [2.75, 3.05) is 6.61 Å². The molecule has 1 aromatic heterocycles. The lowest BCUT2D eigenvalue weighted by atomic mass is 9.95. The fourth-order valence-electron chi connectivity index (χ4n) is 4.07. The van der Waals surface area contributed by atoms with Crippen LogP contribution in [0.1, 0.15) is 38.4 Å². The number of nitrogens with one attached hydrogen (secondary N) is 1. The number of fused-ring (bicyclic) bond motifs is 1. The molecule has 3 N–H and O–H groups in total. The van der Waals surface area contributed by atoms with Gasteiger partial charge in [0.15, 0.2) is 11.6 Å². The van der Waals surface area contributed by atoms with Crippen molar-refractivity contribution in [3.63, 3.8) is 0 Å². The fourth-order valence-corrected chi connectivity index (χ4v) is 4.07. The van der Waals surface area contributed by atoms with Gasteiger partial charge in [-0.3, -0.25) is 0 Å². The van der Waals surface area contributed by atoms with E-state index in [1.54, 1.807) is 19.1 Å². The van der Waals surface area contributed by atoms with Crippen molar-refractivity contribution < 1.29 is 33.3 Å². The first-order valence-corrected chi connectivity index (χ1v) is 10.6. The number of para-hydroxylation sites is 1. The summed E-state index contributed by atoms with van der Waals surface area (Å²) in [5, 5.41) is 19.7. The summed E-state index contributed by atoms with van der Waals surface area (Å²) >= 11 is 0. The van der Waals surface area contributed by atoms with Gasteiger partial charge in [-0.15, -0.1) is 0 Å². The van der Waals surface area contributed by atoms with Crippen molar-refractivity contribution in [1.29, 1.82) is 0 Å². The number of aromatic carboxylic acids is 2. The molecule has 6 nitrogen and oxygen atoms in total. The fraction of sp³-hybridized carbons (Fsp3) is 0.154. The van der Waals surface area contributed by atoms with E-state index in [9.17, 15) is 28.6 Å². The molecule has 0 aliphatic heterocycles. The second-order valence-electron chi connectivity index (χ2n) is 7.85. The Morgan fingerprint density at radius 1 is 0.971 bits per heavy atom. The Balaban J connectivity index is 1.64. The summed E-state index contributed by atoms with van der Waals surface area (Å²) in [7, 11) is 0. The van der Waals surface area contributed by atoms with Gasteiger partial charge >= 0.3 is 11.9 Å². The first kappa shape index (κ1) is 23.0. The van der Waals surface area contributed by atoms with Crippen molar-refractivity contribution in [2.45, 2.75) is 19.8 Å². The van der Waals surface area contributed by atoms with Crippen molar-refractivity contribution in [2.24, 2.45) is 0 Å². The second kappa shape index (κ2) is 9.35. The van der Waals surface area contributed by atoms with Crippen LogP contribution in [0.15, 0.2) is 54.6 Å². The highest BCUT2D eigenvalue weighted by Gasteiger charge is 2.20. The number of carboxylic acid groups (broad SMARTS) is 2. The van der Waals surface area contributed by atoms with E-state index >= 15 is 0 Å². The molecule has 0 radical (unpaired) electrons. The monoisotopic (exact) mass is 465 g/mol. The van der Waals surface area contributed by atoms with Crippen LogP contribution in [0.3, 0.4) is 0 Å². The summed E-state index contributed by atoms with van der Waals surface area (Å²) in [5.74, 6) is -4.40. The molecule has 0 aliphatic carbocycles. The Kier molecular flexibility index (Phi) is 6.32. The molecule has 0 fully saturated rings. The zero-order valence-electron chi connectivity index (χ0n) is 18.2. The Morgan fingerprint density at radius 2 is 1.74 bits per heavy atom. The number of rotatable bonds is 8. The molecule has 4 aromatic rings. The molecule has 0 saturated heterocycles. The number of ether oxygens (including phenoxy) is 1. The van der Waals surface area contributed by atoms with Crippen LogP contribution in [0.2, 0.25) is 0 Å². The van der Waals surface area contributed by atoms with Crippen LogP contribution in [0.25, 0.3) is 22.0 Å². The number of aryl methyl sites for hydroxylation is 2. The summed E-state index contributed by atoms with van der Waals surface area (Å²) in [6, 6.07) is 13.9. The molecular weight excluding hydrogens is 444 g/mol. The Labute approximate surface area is 193 Å². The highest BCUT2D eigenvalue weighted by Crippen LogP contribution is 2.34. The van der Waals surface area contributed by atoms with E-state index in [0.29, 0.717) is 29.3 Å². The first-order chi connectivity index (χ1) is 16.3. The average Bonchev–Trinajstić information content (AvgIpc) is 3.18. The molecule has 1 heterocycles. The van der Waals surface area contributed by atoms with Gasteiger partial charge in [-0.1, -0.05) is 30.3 Å². The predicted molar refractivity (Wildman–Crippen MR) is 123 cm³/mol. The zero-order chi connectivity index (χ0) is 24.4. The smallest absolute Gasteiger partial charge is 0.352 e.